The molecule has 0 aromatic heterocycles. The lowest BCUT2D eigenvalue weighted by molar-refractivity contribution is -0.141. The number of allylic oxidation sites excluding steroid dienone is 3. The highest BCUT2D eigenvalue weighted by Crippen LogP contribution is 2.47. The van der Waals surface area contributed by atoms with Crippen molar-refractivity contribution in [3.05, 3.63) is 82.2 Å². The summed E-state index contributed by atoms with van der Waals surface area (Å²) in [5, 5.41) is 13.6. The van der Waals surface area contributed by atoms with Gasteiger partial charge in [0.1, 0.15) is 18.1 Å². The fraction of sp³-hybridized carbons (Fsp3) is 0.471. The van der Waals surface area contributed by atoms with E-state index < -0.39 is 11.9 Å². The molecular formula is C34H43NO7. The number of methoxy groups -OCH3 is 1. The summed E-state index contributed by atoms with van der Waals surface area (Å²) in [5.74, 6) is -0.483. The smallest absolute Gasteiger partial charge is 0.336 e. The molecule has 2 aromatic rings. The number of hydrogen-bond donors (Lipinski definition) is 2. The van der Waals surface area contributed by atoms with Gasteiger partial charge >= 0.3 is 5.97 Å². The van der Waals surface area contributed by atoms with E-state index in [1.807, 2.05) is 37.3 Å². The zero-order chi connectivity index (χ0) is 29.9. The van der Waals surface area contributed by atoms with Gasteiger partial charge in [0.2, 0.25) is 0 Å². The summed E-state index contributed by atoms with van der Waals surface area (Å²) in [4.78, 5) is 27.3. The number of dihydropyridines is 1. The van der Waals surface area contributed by atoms with Gasteiger partial charge in [0, 0.05) is 41.8 Å². The Hall–Kier alpha value is -3.62. The van der Waals surface area contributed by atoms with Crippen molar-refractivity contribution in [3.8, 4) is 11.5 Å². The van der Waals surface area contributed by atoms with Gasteiger partial charge in [-0.2, -0.15) is 0 Å². The molecule has 2 aromatic carbocycles. The van der Waals surface area contributed by atoms with Gasteiger partial charge in [-0.3, -0.25) is 4.79 Å². The number of aromatic hydroxyl groups is 1. The first-order valence-corrected chi connectivity index (χ1v) is 14.9. The largest absolute Gasteiger partial charge is 0.508 e. The molecule has 0 fully saturated rings. The Balaban J connectivity index is 1.45. The molecule has 1 aliphatic carbocycles. The monoisotopic (exact) mass is 577 g/mol. The molecule has 0 saturated carbocycles. The first-order valence-electron chi connectivity index (χ1n) is 14.9. The molecule has 2 aliphatic rings. The van der Waals surface area contributed by atoms with E-state index in [0.717, 1.165) is 30.0 Å². The van der Waals surface area contributed by atoms with E-state index in [1.54, 1.807) is 25.3 Å². The summed E-state index contributed by atoms with van der Waals surface area (Å²) >= 11 is 0. The van der Waals surface area contributed by atoms with Crippen LogP contribution in [0, 0.1) is 0 Å². The highest BCUT2D eigenvalue weighted by atomic mass is 16.6. The molecule has 42 heavy (non-hydrogen) atoms. The minimum Gasteiger partial charge on any atom is -0.508 e. The lowest BCUT2D eigenvalue weighted by Crippen LogP contribution is -2.36. The molecule has 0 radical (unpaired) electrons. The van der Waals surface area contributed by atoms with Crippen LogP contribution in [0.4, 0.5) is 0 Å². The van der Waals surface area contributed by atoms with Crippen LogP contribution < -0.4 is 10.1 Å². The second-order valence-electron chi connectivity index (χ2n) is 10.8. The van der Waals surface area contributed by atoms with E-state index in [2.05, 4.69) is 12.2 Å². The minimum absolute atomic E-state index is 0.0520. The van der Waals surface area contributed by atoms with Crippen molar-refractivity contribution in [2.75, 3.05) is 40.1 Å². The Kier molecular flexibility index (Phi) is 11.6. The van der Waals surface area contributed by atoms with Crippen molar-refractivity contribution in [3.63, 3.8) is 0 Å². The number of benzene rings is 2. The third-order valence-corrected chi connectivity index (χ3v) is 7.80. The number of phenols is 1. The summed E-state index contributed by atoms with van der Waals surface area (Å²) in [6.07, 6.45) is 5.52. The molecule has 8 heteroatoms. The van der Waals surface area contributed by atoms with Crippen LogP contribution in [-0.2, 0) is 23.8 Å². The number of hydrogen-bond acceptors (Lipinski definition) is 8. The quantitative estimate of drug-likeness (QED) is 0.199. The van der Waals surface area contributed by atoms with Crippen LogP contribution in [-0.4, -0.2) is 57.0 Å². The average Bonchev–Trinajstić information content (AvgIpc) is 2.98. The predicted molar refractivity (Wildman–Crippen MR) is 160 cm³/mol. The number of nitrogens with one attached hydrogen (secondary N) is 1. The number of carbonyl (C=O) groups is 2. The number of esters is 1. The van der Waals surface area contributed by atoms with Gasteiger partial charge in [-0.05, 0) is 49.1 Å². The fourth-order valence-electron chi connectivity index (χ4n) is 5.79. The standard InChI is InChI=1S/C34H43NO7/c1-4-5-6-9-15-40-16-17-41-18-19-42-34(38)31-23(2)35-28-21-25(27-13-7-8-14-30(27)39-3)22-29(37)33(28)32(31)24-11-10-12-26(36)20-24/h7-8,10-14,20,25,32,35-36H,4-6,9,15-19,21-22H2,1-3H3. The van der Waals surface area contributed by atoms with Crippen LogP contribution in [0.5, 0.6) is 11.5 Å². The topological polar surface area (TPSA) is 103 Å². The summed E-state index contributed by atoms with van der Waals surface area (Å²) in [5.41, 5.74) is 3.94. The predicted octanol–water partition coefficient (Wildman–Crippen LogP) is 5.92. The molecule has 2 unspecified atom stereocenters. The molecule has 0 spiro atoms. The maximum atomic E-state index is 13.8. The Morgan fingerprint density at radius 2 is 1.71 bits per heavy atom. The summed E-state index contributed by atoms with van der Waals surface area (Å²) < 4.78 is 22.4. The van der Waals surface area contributed by atoms with Gasteiger partial charge in [-0.1, -0.05) is 56.5 Å². The van der Waals surface area contributed by atoms with Crippen LogP contribution >= 0.6 is 0 Å². The summed E-state index contributed by atoms with van der Waals surface area (Å²) in [6, 6.07) is 14.5. The van der Waals surface area contributed by atoms with Crippen molar-refractivity contribution < 1.29 is 33.6 Å². The van der Waals surface area contributed by atoms with Crippen LogP contribution in [0.2, 0.25) is 0 Å². The number of ketones is 1. The van der Waals surface area contributed by atoms with Gasteiger partial charge < -0.3 is 29.4 Å². The Labute approximate surface area is 248 Å². The molecular weight excluding hydrogens is 534 g/mol. The third kappa shape index (κ3) is 7.81. The van der Waals surface area contributed by atoms with Gasteiger partial charge in [0.25, 0.3) is 0 Å². The van der Waals surface area contributed by atoms with Crippen molar-refractivity contribution in [2.24, 2.45) is 0 Å². The number of phenolic OH excluding ortho intramolecular Hbond substituents is 1. The second kappa shape index (κ2) is 15.6. The lowest BCUT2D eigenvalue weighted by Gasteiger charge is -2.37. The molecule has 8 nitrogen and oxygen atoms in total. The van der Waals surface area contributed by atoms with E-state index in [-0.39, 0.29) is 37.1 Å². The molecule has 0 amide bonds. The van der Waals surface area contributed by atoms with Crippen molar-refractivity contribution in [2.45, 2.75) is 64.2 Å². The number of Topliss-reactive ketones (excluding diaryl/α,β-unsaturated/α-hetero) is 1. The van der Waals surface area contributed by atoms with Gasteiger partial charge in [0.05, 0.1) is 32.5 Å². The highest BCUT2D eigenvalue weighted by Gasteiger charge is 2.42. The molecule has 0 saturated heterocycles. The number of ether oxygens (including phenoxy) is 4. The molecule has 1 aliphatic heterocycles. The number of rotatable bonds is 15. The zero-order valence-electron chi connectivity index (χ0n) is 24.9. The average molecular weight is 578 g/mol. The number of carbonyl (C=O) groups excluding carboxylic acids is 2. The second-order valence-corrected chi connectivity index (χ2v) is 10.8. The molecule has 0 bridgehead atoms. The zero-order valence-corrected chi connectivity index (χ0v) is 24.9. The van der Waals surface area contributed by atoms with E-state index in [1.165, 1.54) is 19.3 Å². The van der Waals surface area contributed by atoms with Crippen molar-refractivity contribution >= 4 is 11.8 Å². The van der Waals surface area contributed by atoms with Crippen LogP contribution in [0.15, 0.2) is 71.1 Å². The van der Waals surface area contributed by atoms with E-state index in [4.69, 9.17) is 18.9 Å². The molecule has 226 valence electrons. The molecule has 2 N–H and O–H groups in total. The highest BCUT2D eigenvalue weighted by molar-refractivity contribution is 6.04. The number of unbranched alkanes of at least 4 members (excludes halogenated alkanes) is 3. The lowest BCUT2D eigenvalue weighted by atomic mass is 9.71. The SMILES string of the molecule is CCCCCCOCCOCCOC(=O)C1=C(C)NC2=C(C(=O)CC(c3ccccc3OC)C2)C1c1cccc(O)c1. The maximum absolute atomic E-state index is 13.8. The van der Waals surface area contributed by atoms with Gasteiger partial charge in [-0.15, -0.1) is 0 Å². The third-order valence-electron chi connectivity index (χ3n) is 7.80. The Morgan fingerprint density at radius 3 is 2.48 bits per heavy atom. The first-order chi connectivity index (χ1) is 20.4. The maximum Gasteiger partial charge on any atom is 0.336 e. The Morgan fingerprint density at radius 1 is 0.952 bits per heavy atom. The fourth-order valence-corrected chi connectivity index (χ4v) is 5.79. The van der Waals surface area contributed by atoms with Gasteiger partial charge in [0.15, 0.2) is 5.78 Å². The van der Waals surface area contributed by atoms with E-state index in [0.29, 0.717) is 42.0 Å². The van der Waals surface area contributed by atoms with Crippen LogP contribution in [0.25, 0.3) is 0 Å². The molecule has 1 heterocycles. The molecule has 2 atom stereocenters. The van der Waals surface area contributed by atoms with E-state index in [9.17, 15) is 14.7 Å². The van der Waals surface area contributed by atoms with Crippen LogP contribution in [0.1, 0.15) is 75.3 Å². The number of para-hydroxylation sites is 1. The normalized spacial score (nSPS) is 18.5. The molecule has 4 rings (SSSR count). The summed E-state index contributed by atoms with van der Waals surface area (Å²) in [6.45, 7) is 5.98. The Bertz CT molecular complexity index is 1300. The van der Waals surface area contributed by atoms with Crippen molar-refractivity contribution in [1.82, 2.24) is 5.32 Å². The summed E-state index contributed by atoms with van der Waals surface area (Å²) in [7, 11) is 1.63. The van der Waals surface area contributed by atoms with E-state index >= 15 is 0 Å². The van der Waals surface area contributed by atoms with Crippen LogP contribution in [0.3, 0.4) is 0 Å². The van der Waals surface area contributed by atoms with Gasteiger partial charge in [-0.25, -0.2) is 4.79 Å². The minimum atomic E-state index is -0.658. The first kappa shape index (κ1) is 31.3. The van der Waals surface area contributed by atoms with Crippen molar-refractivity contribution in [1.29, 1.82) is 0 Å².